The maximum Gasteiger partial charge on any atom is 0.311 e. The Labute approximate surface area is 99.0 Å². The van der Waals surface area contributed by atoms with Gasteiger partial charge in [-0.15, -0.1) is 0 Å². The van der Waals surface area contributed by atoms with Gasteiger partial charge in [0.05, 0.1) is 0 Å². The first-order valence-electron chi connectivity index (χ1n) is 5.08. The first-order valence-corrected chi connectivity index (χ1v) is 6.65. The molecule has 0 aromatic heterocycles. The Morgan fingerprint density at radius 1 is 1.06 bits per heavy atom. The smallest absolute Gasteiger partial charge is 0.311 e. The van der Waals surface area contributed by atoms with Crippen molar-refractivity contribution >= 4 is 20.9 Å². The van der Waals surface area contributed by atoms with Crippen LogP contribution in [0.4, 0.5) is 4.39 Å². The largest absolute Gasteiger partial charge is 0.382 e. The maximum absolute atomic E-state index is 12.0. The number of alkyl halides is 1. The van der Waals surface area contributed by atoms with Crippen molar-refractivity contribution in [2.75, 3.05) is 12.4 Å². The molecule has 0 aliphatic heterocycles. The summed E-state index contributed by atoms with van der Waals surface area (Å²) in [5, 5.41) is 1.86. The summed E-state index contributed by atoms with van der Waals surface area (Å²) in [7, 11) is -3.83. The van der Waals surface area contributed by atoms with Crippen LogP contribution in [-0.4, -0.2) is 20.8 Å². The Bertz CT molecular complexity index is 622. The quantitative estimate of drug-likeness (QED) is 0.787. The topological polar surface area (TPSA) is 43.4 Å². The van der Waals surface area contributed by atoms with Crippen molar-refractivity contribution in [3.63, 3.8) is 0 Å². The summed E-state index contributed by atoms with van der Waals surface area (Å²) in [6.45, 7) is -0.948. The lowest BCUT2D eigenvalue weighted by atomic mass is 10.1. The molecule has 2 aromatic carbocycles. The van der Waals surface area contributed by atoms with Gasteiger partial charge in [-0.1, -0.05) is 30.3 Å². The summed E-state index contributed by atoms with van der Waals surface area (Å²) >= 11 is 0. The number of fused-ring (bicyclic) bond motifs is 1. The van der Waals surface area contributed by atoms with Crippen molar-refractivity contribution in [3.8, 4) is 5.75 Å². The maximum atomic E-state index is 12.0. The average molecular weight is 254 g/mol. The third kappa shape index (κ3) is 2.94. The molecule has 3 nitrogen and oxygen atoms in total. The lowest BCUT2D eigenvalue weighted by Crippen LogP contribution is -2.14. The molecule has 0 radical (unpaired) electrons. The molecule has 5 heteroatoms. The fourth-order valence-electron chi connectivity index (χ4n) is 1.50. The summed E-state index contributed by atoms with van der Waals surface area (Å²) in [5.41, 5.74) is 0. The van der Waals surface area contributed by atoms with Gasteiger partial charge in [0, 0.05) is 0 Å². The van der Waals surface area contributed by atoms with E-state index in [-0.39, 0.29) is 5.75 Å². The molecule has 0 heterocycles. The van der Waals surface area contributed by atoms with Crippen LogP contribution in [0.15, 0.2) is 42.5 Å². The third-order valence-electron chi connectivity index (χ3n) is 2.27. The summed E-state index contributed by atoms with van der Waals surface area (Å²) < 4.78 is 39.3. The molecule has 2 rings (SSSR count). The van der Waals surface area contributed by atoms with E-state index in [1.54, 1.807) is 18.2 Å². The van der Waals surface area contributed by atoms with Crippen molar-refractivity contribution in [1.82, 2.24) is 0 Å². The van der Waals surface area contributed by atoms with Crippen molar-refractivity contribution in [2.45, 2.75) is 0 Å². The lowest BCUT2D eigenvalue weighted by molar-refractivity contribution is 0.464. The second-order valence-corrected chi connectivity index (χ2v) is 5.23. The van der Waals surface area contributed by atoms with Gasteiger partial charge in [0.25, 0.3) is 0 Å². The van der Waals surface area contributed by atoms with Crippen molar-refractivity contribution < 1.29 is 17.0 Å². The Kier molecular flexibility index (Phi) is 3.28. The van der Waals surface area contributed by atoms with Gasteiger partial charge in [0.1, 0.15) is 18.2 Å². The van der Waals surface area contributed by atoms with Crippen LogP contribution in [-0.2, 0) is 10.1 Å². The van der Waals surface area contributed by atoms with Gasteiger partial charge in [-0.25, -0.2) is 4.39 Å². The van der Waals surface area contributed by atoms with Crippen LogP contribution in [0.3, 0.4) is 0 Å². The van der Waals surface area contributed by atoms with Gasteiger partial charge in [-0.05, 0) is 22.9 Å². The summed E-state index contributed by atoms with van der Waals surface area (Å²) in [4.78, 5) is 0. The van der Waals surface area contributed by atoms with Crippen LogP contribution in [0.5, 0.6) is 5.75 Å². The van der Waals surface area contributed by atoms with Crippen LogP contribution in [0.2, 0.25) is 0 Å². The fourth-order valence-corrected chi connectivity index (χ4v) is 2.17. The molecule has 0 N–H and O–H groups in total. The highest BCUT2D eigenvalue weighted by molar-refractivity contribution is 7.87. The molecule has 17 heavy (non-hydrogen) atoms. The Morgan fingerprint density at radius 3 is 2.47 bits per heavy atom. The second kappa shape index (κ2) is 4.71. The molecule has 90 valence electrons. The zero-order valence-corrected chi connectivity index (χ0v) is 9.78. The van der Waals surface area contributed by atoms with Gasteiger partial charge in [-0.3, -0.25) is 0 Å². The number of hydrogen-bond donors (Lipinski definition) is 0. The van der Waals surface area contributed by atoms with E-state index in [2.05, 4.69) is 0 Å². The SMILES string of the molecule is O=S(=O)(CCF)Oc1ccc2ccccc2c1. The molecule has 0 aliphatic carbocycles. The van der Waals surface area contributed by atoms with Gasteiger partial charge < -0.3 is 4.18 Å². The number of halogens is 1. The van der Waals surface area contributed by atoms with E-state index in [4.69, 9.17) is 4.18 Å². The number of benzene rings is 2. The zero-order chi connectivity index (χ0) is 12.3. The second-order valence-electron chi connectivity index (χ2n) is 3.54. The Morgan fingerprint density at radius 2 is 1.76 bits per heavy atom. The van der Waals surface area contributed by atoms with Crippen LogP contribution in [0.1, 0.15) is 0 Å². The van der Waals surface area contributed by atoms with Gasteiger partial charge >= 0.3 is 10.1 Å². The molecule has 0 saturated carbocycles. The lowest BCUT2D eigenvalue weighted by Gasteiger charge is -2.06. The van der Waals surface area contributed by atoms with E-state index in [1.807, 2.05) is 24.3 Å². The summed E-state index contributed by atoms with van der Waals surface area (Å²) in [6.07, 6.45) is 0. The van der Waals surface area contributed by atoms with Crippen LogP contribution in [0, 0.1) is 0 Å². The van der Waals surface area contributed by atoms with Crippen molar-refractivity contribution in [1.29, 1.82) is 0 Å². The highest BCUT2D eigenvalue weighted by Gasteiger charge is 2.12. The monoisotopic (exact) mass is 254 g/mol. The minimum Gasteiger partial charge on any atom is -0.382 e. The molecule has 0 fully saturated rings. The molecule has 0 aliphatic rings. The summed E-state index contributed by atoms with van der Waals surface area (Å²) in [5.74, 6) is -0.419. The first-order chi connectivity index (χ1) is 8.11. The minimum atomic E-state index is -3.83. The van der Waals surface area contributed by atoms with E-state index in [1.165, 1.54) is 0 Å². The molecular weight excluding hydrogens is 243 g/mol. The standard InChI is InChI=1S/C12H11FO3S/c13-7-8-17(14,15)16-12-6-5-10-3-1-2-4-11(10)9-12/h1-6,9H,7-8H2. The first kappa shape index (κ1) is 11.9. The van der Waals surface area contributed by atoms with Crippen LogP contribution >= 0.6 is 0 Å². The minimum absolute atomic E-state index is 0.206. The fraction of sp³-hybridized carbons (Fsp3) is 0.167. The summed E-state index contributed by atoms with van der Waals surface area (Å²) in [6, 6.07) is 12.4. The molecule has 0 amide bonds. The Hall–Kier alpha value is -1.62. The van der Waals surface area contributed by atoms with Gasteiger partial charge in [0.2, 0.25) is 0 Å². The molecule has 0 bridgehead atoms. The third-order valence-corrected chi connectivity index (χ3v) is 3.37. The van der Waals surface area contributed by atoms with E-state index in [0.717, 1.165) is 10.8 Å². The van der Waals surface area contributed by atoms with Crippen molar-refractivity contribution in [2.24, 2.45) is 0 Å². The predicted molar refractivity (Wildman–Crippen MR) is 64.3 cm³/mol. The van der Waals surface area contributed by atoms with E-state index >= 15 is 0 Å². The molecular formula is C12H11FO3S. The predicted octanol–water partition coefficient (Wildman–Crippen LogP) is 2.52. The van der Waals surface area contributed by atoms with E-state index in [9.17, 15) is 12.8 Å². The molecule has 0 spiro atoms. The van der Waals surface area contributed by atoms with Crippen molar-refractivity contribution in [3.05, 3.63) is 42.5 Å². The Balaban J connectivity index is 2.31. The van der Waals surface area contributed by atoms with Crippen LogP contribution < -0.4 is 4.18 Å². The highest BCUT2D eigenvalue weighted by Crippen LogP contribution is 2.21. The average Bonchev–Trinajstić information content (AvgIpc) is 2.28. The number of rotatable bonds is 4. The molecule has 2 aromatic rings. The normalized spacial score (nSPS) is 11.6. The van der Waals surface area contributed by atoms with Gasteiger partial charge in [-0.2, -0.15) is 8.42 Å². The van der Waals surface area contributed by atoms with E-state index in [0.29, 0.717) is 0 Å². The molecule has 0 atom stereocenters. The van der Waals surface area contributed by atoms with Crippen LogP contribution in [0.25, 0.3) is 10.8 Å². The van der Waals surface area contributed by atoms with E-state index < -0.39 is 22.5 Å². The van der Waals surface area contributed by atoms with Gasteiger partial charge in [0.15, 0.2) is 0 Å². The molecule has 0 unspecified atom stereocenters. The highest BCUT2D eigenvalue weighted by atomic mass is 32.2. The zero-order valence-electron chi connectivity index (χ0n) is 8.97. The molecule has 0 saturated heterocycles. The number of hydrogen-bond acceptors (Lipinski definition) is 3.